The number of benzene rings is 1. The van der Waals surface area contributed by atoms with E-state index in [1.165, 1.54) is 11.8 Å². The number of rotatable bonds is 7. The van der Waals surface area contributed by atoms with E-state index in [0.717, 1.165) is 20.8 Å². The van der Waals surface area contributed by atoms with E-state index in [1.54, 1.807) is 18.4 Å². The monoisotopic (exact) mass is 373 g/mol. The van der Waals surface area contributed by atoms with Gasteiger partial charge in [-0.05, 0) is 24.4 Å². The molecule has 1 amide bonds. The van der Waals surface area contributed by atoms with Crippen LogP contribution in [0.5, 0.6) is 0 Å². The molecule has 1 atom stereocenters. The zero-order valence-corrected chi connectivity index (χ0v) is 15.7. The Morgan fingerprint density at radius 3 is 2.88 bits per heavy atom. The lowest BCUT2D eigenvalue weighted by Crippen LogP contribution is -2.36. The minimum absolute atomic E-state index is 0.0121. The van der Waals surface area contributed by atoms with E-state index in [1.807, 2.05) is 48.7 Å². The summed E-state index contributed by atoms with van der Waals surface area (Å²) in [4.78, 5) is 22.5. The molecule has 0 saturated carbocycles. The molecule has 2 aromatic heterocycles. The summed E-state index contributed by atoms with van der Waals surface area (Å²) >= 11 is 3.03. The molecular formula is C18H19N3O2S2. The molecule has 2 heterocycles. The zero-order valence-electron chi connectivity index (χ0n) is 14.1. The van der Waals surface area contributed by atoms with Gasteiger partial charge in [0.05, 0.1) is 22.8 Å². The maximum absolute atomic E-state index is 12.1. The number of para-hydroxylation sites is 1. The van der Waals surface area contributed by atoms with Gasteiger partial charge < -0.3 is 10.1 Å². The summed E-state index contributed by atoms with van der Waals surface area (Å²) in [5.74, 6) is 0.971. The third kappa shape index (κ3) is 4.56. The number of thioether (sulfide) groups is 1. The molecule has 1 unspecified atom stereocenters. The number of carbonyl (C=O) groups is 1. The van der Waals surface area contributed by atoms with Crippen LogP contribution in [0.25, 0.3) is 21.6 Å². The molecule has 1 aromatic carbocycles. The molecule has 0 saturated heterocycles. The number of nitrogens with zero attached hydrogens (tertiary/aromatic N) is 2. The van der Waals surface area contributed by atoms with Gasteiger partial charge in [-0.15, -0.1) is 11.3 Å². The molecule has 1 N–H and O–H groups in total. The first kappa shape index (κ1) is 17.8. The Balaban J connectivity index is 1.81. The third-order valence-electron chi connectivity index (χ3n) is 3.47. The maximum atomic E-state index is 12.1. The van der Waals surface area contributed by atoms with Crippen LogP contribution >= 0.6 is 23.1 Å². The van der Waals surface area contributed by atoms with Gasteiger partial charge >= 0.3 is 0 Å². The predicted molar refractivity (Wildman–Crippen MR) is 103 cm³/mol. The van der Waals surface area contributed by atoms with Gasteiger partial charge in [0.1, 0.15) is 5.03 Å². The Bertz CT molecular complexity index is 853. The largest absolute Gasteiger partial charge is 0.383 e. The van der Waals surface area contributed by atoms with Crippen molar-refractivity contribution in [3.8, 4) is 10.7 Å². The molecule has 0 fully saturated rings. The molecule has 3 rings (SSSR count). The summed E-state index contributed by atoms with van der Waals surface area (Å²) in [6, 6.07) is 11.9. The quantitative estimate of drug-likeness (QED) is 0.506. The number of thiophene rings is 1. The van der Waals surface area contributed by atoms with Crippen LogP contribution in [0.15, 0.2) is 46.8 Å². The van der Waals surface area contributed by atoms with Crippen LogP contribution in [-0.4, -0.2) is 41.4 Å². The number of methoxy groups -OCH3 is 1. The van der Waals surface area contributed by atoms with Crippen LogP contribution in [0.4, 0.5) is 0 Å². The molecule has 130 valence electrons. The van der Waals surface area contributed by atoms with Gasteiger partial charge in [0.25, 0.3) is 0 Å². The Hall–Kier alpha value is -1.96. The molecule has 7 heteroatoms. The van der Waals surface area contributed by atoms with E-state index in [2.05, 4.69) is 15.3 Å². The molecule has 0 bridgehead atoms. The van der Waals surface area contributed by atoms with Crippen molar-refractivity contribution in [3.63, 3.8) is 0 Å². The lowest BCUT2D eigenvalue weighted by molar-refractivity contribution is -0.119. The molecule has 0 aliphatic carbocycles. The van der Waals surface area contributed by atoms with Crippen LogP contribution in [0.1, 0.15) is 6.92 Å². The molecule has 0 spiro atoms. The summed E-state index contributed by atoms with van der Waals surface area (Å²) in [6.45, 7) is 2.41. The summed E-state index contributed by atoms with van der Waals surface area (Å²) in [7, 11) is 1.62. The Morgan fingerprint density at radius 2 is 2.12 bits per heavy atom. The molecule has 3 aromatic rings. The zero-order chi connectivity index (χ0) is 17.6. The maximum Gasteiger partial charge on any atom is 0.230 e. The smallest absolute Gasteiger partial charge is 0.230 e. The normalized spacial score (nSPS) is 12.2. The van der Waals surface area contributed by atoms with Gasteiger partial charge in [-0.1, -0.05) is 36.0 Å². The van der Waals surface area contributed by atoms with E-state index in [-0.39, 0.29) is 11.9 Å². The fraction of sp³-hybridized carbons (Fsp3) is 0.278. The number of hydrogen-bond donors (Lipinski definition) is 1. The third-order valence-corrected chi connectivity index (χ3v) is 5.33. The highest BCUT2D eigenvalue weighted by atomic mass is 32.2. The lowest BCUT2D eigenvalue weighted by Gasteiger charge is -2.13. The van der Waals surface area contributed by atoms with Gasteiger partial charge in [0.2, 0.25) is 5.91 Å². The van der Waals surface area contributed by atoms with Crippen molar-refractivity contribution in [1.82, 2.24) is 15.3 Å². The van der Waals surface area contributed by atoms with Crippen LogP contribution < -0.4 is 5.32 Å². The number of amides is 1. The highest BCUT2D eigenvalue weighted by Crippen LogP contribution is 2.29. The van der Waals surface area contributed by atoms with Crippen molar-refractivity contribution >= 4 is 39.9 Å². The van der Waals surface area contributed by atoms with Crippen molar-refractivity contribution in [2.24, 2.45) is 0 Å². The summed E-state index contributed by atoms with van der Waals surface area (Å²) in [6.07, 6.45) is 0. The van der Waals surface area contributed by atoms with Gasteiger partial charge in [-0.25, -0.2) is 9.97 Å². The topological polar surface area (TPSA) is 64.1 Å². The minimum Gasteiger partial charge on any atom is -0.383 e. The fourth-order valence-corrected chi connectivity index (χ4v) is 3.90. The Morgan fingerprint density at radius 1 is 1.28 bits per heavy atom. The number of aromatic nitrogens is 2. The number of ether oxygens (including phenoxy) is 1. The van der Waals surface area contributed by atoms with Gasteiger partial charge in [0, 0.05) is 18.5 Å². The molecule has 5 nitrogen and oxygen atoms in total. The van der Waals surface area contributed by atoms with Crippen molar-refractivity contribution < 1.29 is 9.53 Å². The number of nitrogens with one attached hydrogen (secondary N) is 1. The van der Waals surface area contributed by atoms with Crippen molar-refractivity contribution in [3.05, 3.63) is 41.8 Å². The van der Waals surface area contributed by atoms with Crippen LogP contribution in [-0.2, 0) is 9.53 Å². The van der Waals surface area contributed by atoms with E-state index in [9.17, 15) is 4.79 Å². The number of fused-ring (bicyclic) bond motifs is 1. The first-order chi connectivity index (χ1) is 12.2. The van der Waals surface area contributed by atoms with Crippen LogP contribution in [0, 0.1) is 0 Å². The Kier molecular flexibility index (Phi) is 6.01. The SMILES string of the molecule is COCC(C)NC(=O)CSc1nc(-c2cccs2)nc2ccccc12. The highest BCUT2D eigenvalue weighted by molar-refractivity contribution is 8.00. The number of carbonyl (C=O) groups excluding carboxylic acids is 1. The van der Waals surface area contributed by atoms with Crippen LogP contribution in [0.2, 0.25) is 0 Å². The summed E-state index contributed by atoms with van der Waals surface area (Å²) in [5.41, 5.74) is 0.886. The highest BCUT2D eigenvalue weighted by Gasteiger charge is 2.13. The number of hydrogen-bond acceptors (Lipinski definition) is 6. The van der Waals surface area contributed by atoms with E-state index in [4.69, 9.17) is 4.74 Å². The van der Waals surface area contributed by atoms with Gasteiger partial charge in [-0.2, -0.15) is 0 Å². The van der Waals surface area contributed by atoms with Crippen LogP contribution in [0.3, 0.4) is 0 Å². The predicted octanol–water partition coefficient (Wildman–Crippen LogP) is 3.60. The molecule has 0 radical (unpaired) electrons. The second kappa shape index (κ2) is 8.42. The first-order valence-corrected chi connectivity index (χ1v) is 9.75. The Labute approximate surface area is 154 Å². The average molecular weight is 374 g/mol. The minimum atomic E-state index is -0.0325. The van der Waals surface area contributed by atoms with E-state index < -0.39 is 0 Å². The van der Waals surface area contributed by atoms with E-state index in [0.29, 0.717) is 18.2 Å². The van der Waals surface area contributed by atoms with Gasteiger partial charge in [0.15, 0.2) is 5.82 Å². The second-order valence-corrected chi connectivity index (χ2v) is 7.47. The lowest BCUT2D eigenvalue weighted by atomic mass is 10.2. The van der Waals surface area contributed by atoms with Crippen molar-refractivity contribution in [2.75, 3.05) is 19.5 Å². The standard InChI is InChI=1S/C18H19N3O2S2/c1-12(10-23-2)19-16(22)11-25-18-13-6-3-4-7-14(13)20-17(21-18)15-8-5-9-24-15/h3-9,12H,10-11H2,1-2H3,(H,19,22). The fourth-order valence-electron chi connectivity index (χ4n) is 2.42. The van der Waals surface area contributed by atoms with E-state index >= 15 is 0 Å². The second-order valence-electron chi connectivity index (χ2n) is 5.56. The summed E-state index contributed by atoms with van der Waals surface area (Å²) < 4.78 is 5.04. The molecular weight excluding hydrogens is 354 g/mol. The van der Waals surface area contributed by atoms with Crippen molar-refractivity contribution in [1.29, 1.82) is 0 Å². The molecule has 0 aliphatic heterocycles. The van der Waals surface area contributed by atoms with Gasteiger partial charge in [-0.3, -0.25) is 4.79 Å². The average Bonchev–Trinajstić information content (AvgIpc) is 3.14. The summed E-state index contributed by atoms with van der Waals surface area (Å²) in [5, 5.41) is 6.71. The molecule has 0 aliphatic rings. The van der Waals surface area contributed by atoms with Crippen molar-refractivity contribution in [2.45, 2.75) is 18.0 Å². The first-order valence-electron chi connectivity index (χ1n) is 7.89. The molecule has 25 heavy (non-hydrogen) atoms.